The summed E-state index contributed by atoms with van der Waals surface area (Å²) in [5.74, 6) is 0.462. The maximum atomic E-state index is 12.0. The number of nitrogens with one attached hydrogen (secondary N) is 2. The lowest BCUT2D eigenvalue weighted by Gasteiger charge is -2.16. The van der Waals surface area contributed by atoms with Gasteiger partial charge in [-0.1, -0.05) is 0 Å². The summed E-state index contributed by atoms with van der Waals surface area (Å²) in [6.45, 7) is 2.44. The van der Waals surface area contributed by atoms with E-state index < -0.39 is 0 Å². The molecule has 1 aliphatic rings. The Labute approximate surface area is 165 Å². The number of ether oxygens (including phenoxy) is 1. The minimum Gasteiger partial charge on any atom is -0.373 e. The molecule has 2 N–H and O–H groups in total. The standard InChI is InChI=1S/C20H19N7O2/c1-11-14-8-21-18(28)7-13(14)20-22-9-17-19(23-20)16(24-25-17)4-3-12-10-27(2)26-15(12)5-6-29-11/h3-4,7-11H,5-6H2,1-2H3,(H,21,28)(H,24,25)/b4-3+/t11-/m1/s1. The third-order valence-electron chi connectivity index (χ3n) is 5.03. The molecule has 0 amide bonds. The molecule has 9 nitrogen and oxygen atoms in total. The minimum atomic E-state index is -0.254. The van der Waals surface area contributed by atoms with E-state index in [4.69, 9.17) is 9.72 Å². The van der Waals surface area contributed by atoms with Gasteiger partial charge in [0.2, 0.25) is 5.56 Å². The van der Waals surface area contributed by atoms with Crippen LogP contribution in [0.4, 0.5) is 0 Å². The first-order valence-electron chi connectivity index (χ1n) is 9.35. The fourth-order valence-corrected chi connectivity index (χ4v) is 3.57. The van der Waals surface area contributed by atoms with Gasteiger partial charge in [0, 0.05) is 48.6 Å². The summed E-state index contributed by atoms with van der Waals surface area (Å²) in [6.07, 6.45) is 9.62. The molecular weight excluding hydrogens is 370 g/mol. The van der Waals surface area contributed by atoms with Crippen LogP contribution in [0.25, 0.3) is 34.6 Å². The third-order valence-corrected chi connectivity index (χ3v) is 5.03. The van der Waals surface area contributed by atoms with E-state index in [0.29, 0.717) is 35.6 Å². The quantitative estimate of drug-likeness (QED) is 0.477. The summed E-state index contributed by atoms with van der Waals surface area (Å²) in [5, 5.41) is 11.9. The van der Waals surface area contributed by atoms with Crippen molar-refractivity contribution in [3.8, 4) is 11.4 Å². The van der Waals surface area contributed by atoms with Crippen molar-refractivity contribution in [1.29, 1.82) is 0 Å². The number of fused-ring (bicyclic) bond motifs is 4. The zero-order valence-electron chi connectivity index (χ0n) is 16.0. The normalized spacial score (nSPS) is 17.7. The van der Waals surface area contributed by atoms with Crippen molar-refractivity contribution in [3.63, 3.8) is 0 Å². The summed E-state index contributed by atoms with van der Waals surface area (Å²) < 4.78 is 7.85. The Morgan fingerprint density at radius 3 is 3.10 bits per heavy atom. The summed E-state index contributed by atoms with van der Waals surface area (Å²) in [6, 6.07) is 1.51. The molecule has 5 heterocycles. The summed E-state index contributed by atoms with van der Waals surface area (Å²) in [4.78, 5) is 23.9. The lowest BCUT2D eigenvalue weighted by Crippen LogP contribution is -2.12. The van der Waals surface area contributed by atoms with Crippen molar-refractivity contribution < 1.29 is 4.74 Å². The number of nitrogens with zero attached hydrogens (tertiary/aromatic N) is 5. The van der Waals surface area contributed by atoms with Gasteiger partial charge in [0.1, 0.15) is 16.7 Å². The highest BCUT2D eigenvalue weighted by Gasteiger charge is 2.18. The van der Waals surface area contributed by atoms with Gasteiger partial charge >= 0.3 is 0 Å². The summed E-state index contributed by atoms with van der Waals surface area (Å²) in [5.41, 5.74) is 5.33. The van der Waals surface area contributed by atoms with E-state index in [9.17, 15) is 4.79 Å². The zero-order chi connectivity index (χ0) is 20.0. The first-order valence-corrected chi connectivity index (χ1v) is 9.35. The zero-order valence-corrected chi connectivity index (χ0v) is 16.0. The second-order valence-corrected chi connectivity index (χ2v) is 7.03. The van der Waals surface area contributed by atoms with Gasteiger partial charge in [-0.2, -0.15) is 10.2 Å². The molecule has 0 unspecified atom stereocenters. The van der Waals surface area contributed by atoms with Gasteiger partial charge in [-0.25, -0.2) is 9.97 Å². The Bertz CT molecular complexity index is 1300. The minimum absolute atomic E-state index is 0.216. The largest absolute Gasteiger partial charge is 0.373 e. The molecule has 0 aliphatic carbocycles. The van der Waals surface area contributed by atoms with Crippen LogP contribution in [0.15, 0.2) is 29.5 Å². The molecule has 2 bridgehead atoms. The predicted molar refractivity (Wildman–Crippen MR) is 108 cm³/mol. The van der Waals surface area contributed by atoms with Gasteiger partial charge in [0.15, 0.2) is 5.82 Å². The van der Waals surface area contributed by atoms with Crippen LogP contribution in [0, 0.1) is 0 Å². The number of aromatic nitrogens is 7. The first kappa shape index (κ1) is 17.5. The third kappa shape index (κ3) is 3.15. The number of aryl methyl sites for hydroxylation is 1. The van der Waals surface area contributed by atoms with Crippen LogP contribution >= 0.6 is 0 Å². The molecule has 29 heavy (non-hydrogen) atoms. The van der Waals surface area contributed by atoms with Crippen molar-refractivity contribution in [1.82, 2.24) is 34.9 Å². The van der Waals surface area contributed by atoms with Crippen LogP contribution in [0.1, 0.15) is 35.5 Å². The van der Waals surface area contributed by atoms with Crippen LogP contribution in [-0.4, -0.2) is 41.5 Å². The predicted octanol–water partition coefficient (Wildman–Crippen LogP) is 2.25. The number of H-pyrrole nitrogens is 2. The molecule has 0 spiro atoms. The Kier molecular flexibility index (Phi) is 4.09. The molecule has 0 fully saturated rings. The molecule has 1 atom stereocenters. The van der Waals surface area contributed by atoms with Crippen LogP contribution in [0.2, 0.25) is 0 Å². The number of hydrogen-bond acceptors (Lipinski definition) is 6. The first-order chi connectivity index (χ1) is 14.1. The van der Waals surface area contributed by atoms with E-state index in [1.807, 2.05) is 32.3 Å². The molecule has 4 aromatic rings. The average molecular weight is 389 g/mol. The summed E-state index contributed by atoms with van der Waals surface area (Å²) >= 11 is 0. The molecule has 1 aliphatic heterocycles. The average Bonchev–Trinajstić information content (AvgIpc) is 3.27. The second kappa shape index (κ2) is 6.78. The van der Waals surface area contributed by atoms with Crippen LogP contribution in [0.3, 0.4) is 0 Å². The topological polar surface area (TPSA) is 114 Å². The van der Waals surface area contributed by atoms with Gasteiger partial charge in [0.25, 0.3) is 0 Å². The monoisotopic (exact) mass is 389 g/mol. The van der Waals surface area contributed by atoms with Crippen LogP contribution in [-0.2, 0) is 18.2 Å². The van der Waals surface area contributed by atoms with E-state index in [0.717, 1.165) is 22.3 Å². The van der Waals surface area contributed by atoms with Gasteiger partial charge in [-0.3, -0.25) is 14.6 Å². The maximum Gasteiger partial charge on any atom is 0.248 e. The van der Waals surface area contributed by atoms with E-state index in [-0.39, 0.29) is 11.7 Å². The lowest BCUT2D eigenvalue weighted by molar-refractivity contribution is 0.0677. The van der Waals surface area contributed by atoms with Gasteiger partial charge in [-0.15, -0.1) is 0 Å². The van der Waals surface area contributed by atoms with E-state index >= 15 is 0 Å². The Morgan fingerprint density at radius 1 is 1.31 bits per heavy atom. The lowest BCUT2D eigenvalue weighted by atomic mass is 10.0. The fraction of sp³-hybridized carbons (Fsp3) is 0.250. The van der Waals surface area contributed by atoms with Crippen molar-refractivity contribution in [2.45, 2.75) is 19.4 Å². The van der Waals surface area contributed by atoms with E-state index in [1.165, 1.54) is 6.07 Å². The molecule has 5 rings (SSSR count). The van der Waals surface area contributed by atoms with Crippen molar-refractivity contribution in [2.75, 3.05) is 6.61 Å². The Balaban J connectivity index is 1.73. The number of aromatic amines is 2. The van der Waals surface area contributed by atoms with Crippen molar-refractivity contribution in [2.24, 2.45) is 7.05 Å². The molecule has 0 saturated carbocycles. The molecule has 9 heteroatoms. The maximum absolute atomic E-state index is 12.0. The van der Waals surface area contributed by atoms with Crippen LogP contribution < -0.4 is 5.56 Å². The SMILES string of the molecule is C[C@H]1OCCc2nn(C)cc2/C=C/c2n[nH]c3cnc(nc23)-c2cc(=O)[nH]cc21. The summed E-state index contributed by atoms with van der Waals surface area (Å²) in [7, 11) is 1.90. The molecule has 4 aromatic heterocycles. The molecule has 0 radical (unpaired) electrons. The van der Waals surface area contributed by atoms with Gasteiger partial charge < -0.3 is 9.72 Å². The molecule has 0 saturated heterocycles. The van der Waals surface area contributed by atoms with Gasteiger partial charge in [0.05, 0.1) is 24.6 Å². The van der Waals surface area contributed by atoms with Crippen molar-refractivity contribution >= 4 is 23.2 Å². The highest BCUT2D eigenvalue weighted by atomic mass is 16.5. The van der Waals surface area contributed by atoms with Crippen molar-refractivity contribution in [3.05, 3.63) is 57.5 Å². The Hall–Kier alpha value is -3.59. The Morgan fingerprint density at radius 2 is 2.21 bits per heavy atom. The number of rotatable bonds is 0. The number of hydrogen-bond donors (Lipinski definition) is 2. The molecule has 0 aromatic carbocycles. The van der Waals surface area contributed by atoms with E-state index in [1.54, 1.807) is 17.1 Å². The highest BCUT2D eigenvalue weighted by Crippen LogP contribution is 2.28. The highest BCUT2D eigenvalue weighted by molar-refractivity contribution is 5.87. The number of pyridine rings is 1. The fourth-order valence-electron chi connectivity index (χ4n) is 3.57. The second-order valence-electron chi connectivity index (χ2n) is 7.03. The molecule has 146 valence electrons. The molecular formula is C20H19N7O2. The van der Waals surface area contributed by atoms with Crippen LogP contribution in [0.5, 0.6) is 0 Å². The van der Waals surface area contributed by atoms with E-state index in [2.05, 4.69) is 25.3 Å². The van der Waals surface area contributed by atoms with Gasteiger partial charge in [-0.05, 0) is 19.1 Å². The smallest absolute Gasteiger partial charge is 0.248 e.